The first-order valence-electron chi connectivity index (χ1n) is 6.62. The standard InChI is InChI=1S/C14H18BrN3OS/c1-2-6-18-14(16-10-17-18)8-12(19)9-20-13-5-3-4-11(15)7-13/h3-5,7,10,12,19H,2,6,8-9H2,1H3. The van der Waals surface area contributed by atoms with Crippen molar-refractivity contribution in [2.45, 2.75) is 37.3 Å². The zero-order valence-electron chi connectivity index (χ0n) is 11.4. The highest BCUT2D eigenvalue weighted by Crippen LogP contribution is 2.23. The molecule has 0 bridgehead atoms. The van der Waals surface area contributed by atoms with E-state index >= 15 is 0 Å². The van der Waals surface area contributed by atoms with Crippen molar-refractivity contribution in [1.82, 2.24) is 14.8 Å². The van der Waals surface area contributed by atoms with Crippen molar-refractivity contribution in [1.29, 1.82) is 0 Å². The summed E-state index contributed by atoms with van der Waals surface area (Å²) in [4.78, 5) is 5.37. The van der Waals surface area contributed by atoms with E-state index in [-0.39, 0.29) is 0 Å². The maximum absolute atomic E-state index is 10.1. The zero-order valence-corrected chi connectivity index (χ0v) is 13.8. The minimum atomic E-state index is -0.418. The van der Waals surface area contributed by atoms with Crippen molar-refractivity contribution in [3.8, 4) is 0 Å². The number of halogens is 1. The molecule has 0 fully saturated rings. The van der Waals surface area contributed by atoms with Crippen LogP contribution in [0.1, 0.15) is 19.2 Å². The Bertz CT molecular complexity index is 547. The van der Waals surface area contributed by atoms with E-state index in [1.165, 1.54) is 0 Å². The largest absolute Gasteiger partial charge is 0.392 e. The summed E-state index contributed by atoms with van der Waals surface area (Å²) in [6, 6.07) is 8.09. The highest BCUT2D eigenvalue weighted by atomic mass is 79.9. The van der Waals surface area contributed by atoms with Crippen LogP contribution in [0.5, 0.6) is 0 Å². The second-order valence-corrected chi connectivity index (χ2v) is 6.53. The Morgan fingerprint density at radius 1 is 1.45 bits per heavy atom. The third-order valence-electron chi connectivity index (χ3n) is 2.79. The molecule has 1 unspecified atom stereocenters. The summed E-state index contributed by atoms with van der Waals surface area (Å²) in [6.45, 7) is 2.95. The van der Waals surface area contributed by atoms with Crippen LogP contribution in [-0.2, 0) is 13.0 Å². The molecule has 0 radical (unpaired) electrons. The first kappa shape index (κ1) is 15.5. The Kier molecular flexibility index (Phi) is 6.06. The van der Waals surface area contributed by atoms with Crippen LogP contribution in [-0.4, -0.2) is 31.7 Å². The van der Waals surface area contributed by atoms with E-state index in [0.29, 0.717) is 12.2 Å². The van der Waals surface area contributed by atoms with E-state index in [1.807, 2.05) is 22.9 Å². The minimum absolute atomic E-state index is 0.418. The molecule has 0 amide bonds. The van der Waals surface area contributed by atoms with Gasteiger partial charge in [0, 0.05) is 28.1 Å². The van der Waals surface area contributed by atoms with Crippen molar-refractivity contribution in [2.75, 3.05) is 5.75 Å². The van der Waals surface area contributed by atoms with Gasteiger partial charge >= 0.3 is 0 Å². The summed E-state index contributed by atoms with van der Waals surface area (Å²) < 4.78 is 2.92. The fourth-order valence-electron chi connectivity index (χ4n) is 1.86. The van der Waals surface area contributed by atoms with Gasteiger partial charge in [-0.25, -0.2) is 4.98 Å². The fourth-order valence-corrected chi connectivity index (χ4v) is 3.30. The molecule has 0 saturated heterocycles. The number of rotatable bonds is 7. The van der Waals surface area contributed by atoms with Crippen molar-refractivity contribution in [3.05, 3.63) is 40.9 Å². The number of hydrogen-bond donors (Lipinski definition) is 1. The molecule has 20 heavy (non-hydrogen) atoms. The lowest BCUT2D eigenvalue weighted by Gasteiger charge is -2.11. The molecule has 4 nitrogen and oxygen atoms in total. The molecule has 0 aliphatic carbocycles. The summed E-state index contributed by atoms with van der Waals surface area (Å²) in [5.41, 5.74) is 0. The first-order chi connectivity index (χ1) is 9.69. The van der Waals surface area contributed by atoms with E-state index in [2.05, 4.69) is 39.0 Å². The van der Waals surface area contributed by atoms with Gasteiger partial charge < -0.3 is 5.11 Å². The van der Waals surface area contributed by atoms with Crippen LogP contribution in [0.2, 0.25) is 0 Å². The van der Waals surface area contributed by atoms with Crippen LogP contribution < -0.4 is 0 Å². The number of aliphatic hydroxyl groups excluding tert-OH is 1. The van der Waals surface area contributed by atoms with E-state index in [0.717, 1.165) is 28.2 Å². The molecule has 0 aliphatic rings. The lowest BCUT2D eigenvalue weighted by atomic mass is 10.3. The van der Waals surface area contributed by atoms with Gasteiger partial charge in [-0.2, -0.15) is 5.10 Å². The number of aliphatic hydroxyl groups is 1. The predicted octanol–water partition coefficient (Wildman–Crippen LogP) is 3.15. The topological polar surface area (TPSA) is 50.9 Å². The third kappa shape index (κ3) is 4.61. The molecule has 1 atom stereocenters. The van der Waals surface area contributed by atoms with Crippen molar-refractivity contribution in [2.24, 2.45) is 0 Å². The normalized spacial score (nSPS) is 12.6. The highest BCUT2D eigenvalue weighted by Gasteiger charge is 2.11. The maximum Gasteiger partial charge on any atom is 0.138 e. The molecule has 0 spiro atoms. The Labute approximate surface area is 131 Å². The Hall–Kier alpha value is -0.850. The fraction of sp³-hybridized carbons (Fsp3) is 0.429. The van der Waals surface area contributed by atoms with Gasteiger partial charge in [-0.05, 0) is 24.6 Å². The molecular formula is C14H18BrN3OS. The van der Waals surface area contributed by atoms with Gasteiger partial charge in [-0.3, -0.25) is 4.68 Å². The number of thioether (sulfide) groups is 1. The van der Waals surface area contributed by atoms with Crippen LogP contribution in [0.25, 0.3) is 0 Å². The molecule has 2 rings (SSSR count). The first-order valence-corrected chi connectivity index (χ1v) is 8.40. The van der Waals surface area contributed by atoms with Crippen LogP contribution in [0.15, 0.2) is 40.0 Å². The molecule has 1 heterocycles. The lowest BCUT2D eigenvalue weighted by Crippen LogP contribution is -2.17. The predicted molar refractivity (Wildman–Crippen MR) is 84.9 cm³/mol. The SMILES string of the molecule is CCCn1ncnc1CC(O)CSc1cccc(Br)c1. The number of aromatic nitrogens is 3. The molecule has 0 aliphatic heterocycles. The lowest BCUT2D eigenvalue weighted by molar-refractivity contribution is 0.195. The Morgan fingerprint density at radius 3 is 3.05 bits per heavy atom. The van der Waals surface area contributed by atoms with E-state index < -0.39 is 6.10 Å². The van der Waals surface area contributed by atoms with Gasteiger partial charge in [-0.15, -0.1) is 11.8 Å². The highest BCUT2D eigenvalue weighted by molar-refractivity contribution is 9.10. The summed E-state index contributed by atoms with van der Waals surface area (Å²) in [7, 11) is 0. The van der Waals surface area contributed by atoms with Gasteiger partial charge in [0.05, 0.1) is 6.10 Å². The number of benzene rings is 1. The number of aryl methyl sites for hydroxylation is 1. The molecular weight excluding hydrogens is 338 g/mol. The second-order valence-electron chi connectivity index (χ2n) is 4.53. The maximum atomic E-state index is 10.1. The van der Waals surface area contributed by atoms with Gasteiger partial charge in [-0.1, -0.05) is 28.9 Å². The third-order valence-corrected chi connectivity index (χ3v) is 4.42. The molecule has 0 saturated carbocycles. The number of nitrogens with zero attached hydrogens (tertiary/aromatic N) is 3. The average Bonchev–Trinajstić information content (AvgIpc) is 2.84. The quantitative estimate of drug-likeness (QED) is 0.775. The van der Waals surface area contributed by atoms with Crippen LogP contribution in [0.3, 0.4) is 0 Å². The number of hydrogen-bond acceptors (Lipinski definition) is 4. The van der Waals surface area contributed by atoms with Crippen molar-refractivity contribution in [3.63, 3.8) is 0 Å². The molecule has 1 aromatic carbocycles. The van der Waals surface area contributed by atoms with Crippen LogP contribution in [0, 0.1) is 0 Å². The summed E-state index contributed by atoms with van der Waals surface area (Å²) in [5.74, 6) is 1.50. The molecule has 2 aromatic rings. The average molecular weight is 356 g/mol. The molecule has 6 heteroatoms. The minimum Gasteiger partial charge on any atom is -0.392 e. The van der Waals surface area contributed by atoms with Crippen molar-refractivity contribution < 1.29 is 5.11 Å². The summed E-state index contributed by atoms with van der Waals surface area (Å²) >= 11 is 5.09. The van der Waals surface area contributed by atoms with E-state index in [1.54, 1.807) is 18.1 Å². The van der Waals surface area contributed by atoms with Crippen molar-refractivity contribution >= 4 is 27.7 Å². The molecule has 1 N–H and O–H groups in total. The molecule has 1 aromatic heterocycles. The molecule has 108 valence electrons. The Morgan fingerprint density at radius 2 is 2.30 bits per heavy atom. The smallest absolute Gasteiger partial charge is 0.138 e. The Balaban J connectivity index is 1.86. The van der Waals surface area contributed by atoms with Crippen LogP contribution >= 0.6 is 27.7 Å². The van der Waals surface area contributed by atoms with Gasteiger partial charge in [0.2, 0.25) is 0 Å². The van der Waals surface area contributed by atoms with Gasteiger partial charge in [0.1, 0.15) is 12.2 Å². The monoisotopic (exact) mass is 355 g/mol. The zero-order chi connectivity index (χ0) is 14.4. The van der Waals surface area contributed by atoms with E-state index in [4.69, 9.17) is 0 Å². The van der Waals surface area contributed by atoms with E-state index in [9.17, 15) is 5.11 Å². The summed E-state index contributed by atoms with van der Waals surface area (Å²) in [6.07, 6.45) is 2.69. The van der Waals surface area contributed by atoms with Gasteiger partial charge in [0.25, 0.3) is 0 Å². The summed E-state index contributed by atoms with van der Waals surface area (Å²) in [5, 5.41) is 14.3. The van der Waals surface area contributed by atoms with Crippen LogP contribution in [0.4, 0.5) is 0 Å². The van der Waals surface area contributed by atoms with Gasteiger partial charge in [0.15, 0.2) is 0 Å². The second kappa shape index (κ2) is 7.81.